The predicted octanol–water partition coefficient (Wildman–Crippen LogP) is 4.57. The first-order chi connectivity index (χ1) is 14.0. The van der Waals surface area contributed by atoms with Gasteiger partial charge >= 0.3 is 0 Å². The van der Waals surface area contributed by atoms with E-state index in [9.17, 15) is 0 Å². The summed E-state index contributed by atoms with van der Waals surface area (Å²) in [4.78, 5) is 11.3. The van der Waals surface area contributed by atoms with Gasteiger partial charge in [0.2, 0.25) is 5.95 Å². The van der Waals surface area contributed by atoms with Crippen LogP contribution >= 0.6 is 34.8 Å². The molecule has 2 N–H and O–H groups in total. The highest BCUT2D eigenvalue weighted by atomic mass is 35.5. The molecule has 0 unspecified atom stereocenters. The number of piperidine rings is 1. The Morgan fingerprint density at radius 3 is 2.55 bits per heavy atom. The molecular formula is C20H24Cl3N5O. The summed E-state index contributed by atoms with van der Waals surface area (Å²) >= 11 is 18.7. The van der Waals surface area contributed by atoms with E-state index in [-0.39, 0.29) is 6.04 Å². The van der Waals surface area contributed by atoms with Gasteiger partial charge in [0.15, 0.2) is 5.82 Å². The molecule has 0 saturated carbocycles. The lowest BCUT2D eigenvalue weighted by molar-refractivity contribution is -0.0467. The minimum atomic E-state index is -0.0877. The lowest BCUT2D eigenvalue weighted by Gasteiger charge is -2.36. The van der Waals surface area contributed by atoms with Crippen molar-refractivity contribution in [2.75, 3.05) is 36.4 Å². The van der Waals surface area contributed by atoms with Crippen LogP contribution in [0.5, 0.6) is 0 Å². The number of benzene rings is 1. The van der Waals surface area contributed by atoms with E-state index in [2.05, 4.69) is 25.5 Å². The summed E-state index contributed by atoms with van der Waals surface area (Å²) in [5, 5.41) is 8.27. The second kappa shape index (κ2) is 9.23. The molecule has 0 bridgehead atoms. The molecule has 29 heavy (non-hydrogen) atoms. The van der Waals surface area contributed by atoms with Gasteiger partial charge in [-0.25, -0.2) is 4.98 Å². The molecule has 4 rings (SSSR count). The first-order valence-corrected chi connectivity index (χ1v) is 11.0. The molecule has 0 spiro atoms. The van der Waals surface area contributed by atoms with E-state index in [1.165, 1.54) is 0 Å². The van der Waals surface area contributed by atoms with Crippen molar-refractivity contribution in [3.63, 3.8) is 0 Å². The Hall–Kier alpha value is -1.31. The Labute approximate surface area is 185 Å². The van der Waals surface area contributed by atoms with Gasteiger partial charge in [0.25, 0.3) is 0 Å². The van der Waals surface area contributed by atoms with Gasteiger partial charge < -0.3 is 20.3 Å². The van der Waals surface area contributed by atoms with Crippen LogP contribution in [-0.2, 0) is 4.74 Å². The summed E-state index contributed by atoms with van der Waals surface area (Å²) in [5.41, 5.74) is 0.927. The van der Waals surface area contributed by atoms with E-state index in [0.29, 0.717) is 39.0 Å². The summed E-state index contributed by atoms with van der Waals surface area (Å²) in [5.74, 6) is 1.27. The van der Waals surface area contributed by atoms with Crippen LogP contribution in [-0.4, -0.2) is 48.4 Å². The number of ether oxygens (including phenoxy) is 1. The average Bonchev–Trinajstić information content (AvgIpc) is 2.67. The van der Waals surface area contributed by atoms with Crippen LogP contribution in [0.3, 0.4) is 0 Å². The zero-order valence-corrected chi connectivity index (χ0v) is 18.4. The van der Waals surface area contributed by atoms with Crippen molar-refractivity contribution in [3.8, 4) is 0 Å². The van der Waals surface area contributed by atoms with Crippen molar-refractivity contribution in [3.05, 3.63) is 45.0 Å². The Bertz CT molecular complexity index is 856. The van der Waals surface area contributed by atoms with Crippen LogP contribution in [0.1, 0.15) is 31.4 Å². The molecule has 0 aliphatic carbocycles. The largest absolute Gasteiger partial charge is 0.372 e. The minimum absolute atomic E-state index is 0.0877. The molecule has 2 fully saturated rings. The van der Waals surface area contributed by atoms with Gasteiger partial charge in [0, 0.05) is 36.2 Å². The highest BCUT2D eigenvalue weighted by molar-refractivity contribution is 6.35. The third kappa shape index (κ3) is 5.06. The normalized spacial score (nSPS) is 19.1. The summed E-state index contributed by atoms with van der Waals surface area (Å²) in [6, 6.07) is 5.37. The molecule has 0 radical (unpaired) electrons. The molecule has 2 aliphatic heterocycles. The Kier molecular flexibility index (Phi) is 6.66. The Balaban J connectivity index is 1.41. The molecule has 0 amide bonds. The zero-order valence-electron chi connectivity index (χ0n) is 16.2. The molecule has 1 atom stereocenters. The monoisotopic (exact) mass is 455 g/mol. The number of halogens is 3. The smallest absolute Gasteiger partial charge is 0.227 e. The fourth-order valence-electron chi connectivity index (χ4n) is 3.57. The number of nitrogens with one attached hydrogen (secondary N) is 2. The summed E-state index contributed by atoms with van der Waals surface area (Å²) < 4.78 is 6.09. The van der Waals surface area contributed by atoms with Crippen molar-refractivity contribution in [2.24, 2.45) is 0 Å². The number of hydrogen-bond acceptors (Lipinski definition) is 6. The lowest BCUT2D eigenvalue weighted by Crippen LogP contribution is -2.51. The van der Waals surface area contributed by atoms with Crippen molar-refractivity contribution in [2.45, 2.75) is 38.0 Å². The summed E-state index contributed by atoms with van der Waals surface area (Å²) in [6.45, 7) is 5.66. The number of hydrogen-bond donors (Lipinski definition) is 2. The maximum atomic E-state index is 6.35. The molecule has 2 saturated heterocycles. The number of nitrogens with zero attached hydrogens (tertiary/aromatic N) is 3. The third-order valence-corrected chi connectivity index (χ3v) is 6.21. The van der Waals surface area contributed by atoms with Gasteiger partial charge in [0.05, 0.1) is 24.4 Å². The number of rotatable bonds is 6. The highest BCUT2D eigenvalue weighted by Crippen LogP contribution is 2.31. The van der Waals surface area contributed by atoms with Gasteiger partial charge in [-0.15, -0.1) is 0 Å². The summed E-state index contributed by atoms with van der Waals surface area (Å²) in [6.07, 6.45) is 4.28. The molecule has 1 aromatic carbocycles. The maximum absolute atomic E-state index is 6.35. The molecule has 3 heterocycles. The van der Waals surface area contributed by atoms with Crippen molar-refractivity contribution in [1.29, 1.82) is 0 Å². The van der Waals surface area contributed by atoms with Gasteiger partial charge in [-0.1, -0.05) is 40.9 Å². The number of aromatic nitrogens is 2. The van der Waals surface area contributed by atoms with Gasteiger partial charge in [-0.05, 0) is 37.5 Å². The maximum Gasteiger partial charge on any atom is 0.227 e. The fourth-order valence-corrected chi connectivity index (χ4v) is 4.29. The molecule has 9 heteroatoms. The van der Waals surface area contributed by atoms with Gasteiger partial charge in [0.1, 0.15) is 5.02 Å². The van der Waals surface area contributed by atoms with Crippen molar-refractivity contribution in [1.82, 2.24) is 15.3 Å². The van der Waals surface area contributed by atoms with E-state index in [1.807, 2.05) is 19.1 Å². The molecule has 1 aromatic heterocycles. The van der Waals surface area contributed by atoms with Crippen LogP contribution in [0, 0.1) is 0 Å². The Morgan fingerprint density at radius 1 is 1.14 bits per heavy atom. The second-order valence-corrected chi connectivity index (χ2v) is 8.75. The minimum Gasteiger partial charge on any atom is -0.372 e. The molecule has 2 aliphatic rings. The first kappa shape index (κ1) is 20.9. The first-order valence-electron chi connectivity index (χ1n) is 9.84. The van der Waals surface area contributed by atoms with Crippen LogP contribution in [0.4, 0.5) is 11.8 Å². The fraction of sp³-hybridized carbons (Fsp3) is 0.500. The van der Waals surface area contributed by atoms with Gasteiger partial charge in [-0.3, -0.25) is 0 Å². The number of anilines is 2. The third-order valence-electron chi connectivity index (χ3n) is 5.37. The molecule has 156 valence electrons. The van der Waals surface area contributed by atoms with E-state index >= 15 is 0 Å². The average molecular weight is 457 g/mol. The van der Waals surface area contributed by atoms with Crippen LogP contribution in [0.15, 0.2) is 24.4 Å². The molecular weight excluding hydrogens is 433 g/mol. The quantitative estimate of drug-likeness (QED) is 0.664. The second-order valence-electron chi connectivity index (χ2n) is 7.50. The van der Waals surface area contributed by atoms with Crippen LogP contribution < -0.4 is 15.5 Å². The van der Waals surface area contributed by atoms with Crippen LogP contribution in [0.2, 0.25) is 15.1 Å². The van der Waals surface area contributed by atoms with Crippen molar-refractivity contribution < 1.29 is 4.74 Å². The lowest BCUT2D eigenvalue weighted by atomic mass is 10.1. The molecule has 6 nitrogen and oxygen atoms in total. The van der Waals surface area contributed by atoms with Crippen LogP contribution in [0.25, 0.3) is 0 Å². The van der Waals surface area contributed by atoms with Gasteiger partial charge in [-0.2, -0.15) is 4.98 Å². The van der Waals surface area contributed by atoms with Crippen molar-refractivity contribution >= 4 is 46.6 Å². The van der Waals surface area contributed by atoms with E-state index in [1.54, 1.807) is 12.3 Å². The molecule has 2 aromatic rings. The topological polar surface area (TPSA) is 62.3 Å². The van der Waals surface area contributed by atoms with E-state index in [0.717, 1.165) is 44.6 Å². The van der Waals surface area contributed by atoms with E-state index in [4.69, 9.17) is 39.5 Å². The predicted molar refractivity (Wildman–Crippen MR) is 119 cm³/mol. The zero-order chi connectivity index (χ0) is 20.4. The summed E-state index contributed by atoms with van der Waals surface area (Å²) in [7, 11) is 0. The highest BCUT2D eigenvalue weighted by Gasteiger charge is 2.27. The van der Waals surface area contributed by atoms with E-state index < -0.39 is 0 Å². The Morgan fingerprint density at radius 2 is 1.90 bits per heavy atom. The standard InChI is InChI=1S/C20H24Cl3N5O/c1-12(16-3-2-13(21)8-17(16)22)26-19-18(23)11-25-20(27-19)28-6-4-14(5-7-28)29-15-9-24-10-15/h2-3,8,11-12,14-15,24H,4-7,9-10H2,1H3,(H,25,26,27)/t12-/m1/s1. The SMILES string of the molecule is C[C@@H](Nc1nc(N2CCC(OC3CNC3)CC2)ncc1Cl)c1ccc(Cl)cc1Cl.